The van der Waals surface area contributed by atoms with Crippen molar-refractivity contribution >= 4 is 20.3 Å². The van der Waals surface area contributed by atoms with Crippen molar-refractivity contribution in [3.8, 4) is 0 Å². The Bertz CT molecular complexity index is 499. The Kier molecular flexibility index (Phi) is 9.59. The second kappa shape index (κ2) is 10.7. The van der Waals surface area contributed by atoms with Gasteiger partial charge in [0, 0.05) is 27.4 Å². The van der Waals surface area contributed by atoms with Gasteiger partial charge in [0.25, 0.3) is 0 Å². The highest BCUT2D eigenvalue weighted by Crippen LogP contribution is 2.44. The fourth-order valence-corrected chi connectivity index (χ4v) is 10.1. The number of hydrogen-bond donors (Lipinski definition) is 0. The van der Waals surface area contributed by atoms with Crippen LogP contribution in [0.25, 0.3) is 0 Å². The number of hydrogen-bond acceptors (Lipinski definition) is 7. The molecule has 1 aliphatic rings. The molecule has 0 aliphatic carbocycles. The number of carbonyl (C=O) groups excluding carboxylic acids is 2. The molecule has 8 heteroatoms. The molecule has 0 spiro atoms. The first-order valence-corrected chi connectivity index (χ1v) is 12.3. The number of ether oxygens (including phenoxy) is 4. The maximum atomic E-state index is 11.8. The lowest BCUT2D eigenvalue weighted by molar-refractivity contribution is -0.254. The van der Waals surface area contributed by atoms with E-state index in [0.717, 1.165) is 0 Å². The van der Waals surface area contributed by atoms with Gasteiger partial charge in [-0.15, -0.1) is 0 Å². The molecule has 1 aliphatic heterocycles. The second-order valence-electron chi connectivity index (χ2n) is 8.43. The highest BCUT2D eigenvalue weighted by molar-refractivity contribution is 6.77. The van der Waals surface area contributed by atoms with Gasteiger partial charge in [-0.2, -0.15) is 0 Å². The second-order valence-corrected chi connectivity index (χ2v) is 13.8. The SMILES string of the molecule is CO[C@@H]1C[C@@H](O[Si](C(C)C)(C(C)C)C(C)C)[C@@H](OC(C)=O)[C@@H](COC(C)=O)O1. The number of rotatable bonds is 9. The van der Waals surface area contributed by atoms with E-state index in [1.807, 2.05) is 0 Å². The summed E-state index contributed by atoms with van der Waals surface area (Å²) in [4.78, 5) is 23.1. The van der Waals surface area contributed by atoms with E-state index >= 15 is 0 Å². The van der Waals surface area contributed by atoms with Crippen LogP contribution in [-0.4, -0.2) is 58.6 Å². The quantitative estimate of drug-likeness (QED) is 0.416. The van der Waals surface area contributed by atoms with Crippen molar-refractivity contribution in [2.24, 2.45) is 0 Å². The molecular formula is C20H38O7Si. The maximum Gasteiger partial charge on any atom is 0.303 e. The molecule has 1 fully saturated rings. The van der Waals surface area contributed by atoms with Gasteiger partial charge in [0.15, 0.2) is 12.4 Å². The van der Waals surface area contributed by atoms with Crippen molar-refractivity contribution in [3.63, 3.8) is 0 Å². The van der Waals surface area contributed by atoms with E-state index in [4.69, 9.17) is 23.4 Å². The smallest absolute Gasteiger partial charge is 0.303 e. The van der Waals surface area contributed by atoms with Gasteiger partial charge in [-0.3, -0.25) is 9.59 Å². The Hall–Kier alpha value is -0.963. The van der Waals surface area contributed by atoms with E-state index in [1.54, 1.807) is 7.11 Å². The van der Waals surface area contributed by atoms with Gasteiger partial charge in [0.1, 0.15) is 12.7 Å². The van der Waals surface area contributed by atoms with Gasteiger partial charge in [-0.25, -0.2) is 0 Å². The summed E-state index contributed by atoms with van der Waals surface area (Å²) in [5, 5.41) is 0. The average Bonchev–Trinajstić information content (AvgIpc) is 2.57. The fraction of sp³-hybridized carbons (Fsp3) is 0.900. The molecule has 0 aromatic carbocycles. The van der Waals surface area contributed by atoms with Crippen molar-refractivity contribution in [2.45, 2.75) is 103 Å². The average molecular weight is 419 g/mol. The van der Waals surface area contributed by atoms with Gasteiger partial charge < -0.3 is 23.4 Å². The Morgan fingerprint density at radius 1 is 1.00 bits per heavy atom. The van der Waals surface area contributed by atoms with Gasteiger partial charge in [-0.05, 0) is 16.6 Å². The van der Waals surface area contributed by atoms with Crippen LogP contribution in [0, 0.1) is 0 Å². The number of carbonyl (C=O) groups is 2. The van der Waals surface area contributed by atoms with Crippen LogP contribution >= 0.6 is 0 Å². The molecule has 1 rings (SSSR count). The van der Waals surface area contributed by atoms with Gasteiger partial charge in [-0.1, -0.05) is 41.5 Å². The predicted octanol–water partition coefficient (Wildman–Crippen LogP) is 3.80. The predicted molar refractivity (Wildman–Crippen MR) is 108 cm³/mol. The third-order valence-electron chi connectivity index (χ3n) is 5.56. The maximum absolute atomic E-state index is 11.8. The topological polar surface area (TPSA) is 80.3 Å². The summed E-state index contributed by atoms with van der Waals surface area (Å²) in [6.07, 6.45) is -1.76. The normalized spacial score (nSPS) is 26.0. The van der Waals surface area contributed by atoms with Crippen molar-refractivity contribution < 1.29 is 33.0 Å². The summed E-state index contributed by atoms with van der Waals surface area (Å²) < 4.78 is 29.0. The molecular weight excluding hydrogens is 380 g/mol. The van der Waals surface area contributed by atoms with Crippen LogP contribution in [0.3, 0.4) is 0 Å². The first-order chi connectivity index (χ1) is 12.9. The first-order valence-electron chi connectivity index (χ1n) is 10.1. The molecule has 0 aromatic heterocycles. The van der Waals surface area contributed by atoms with Gasteiger partial charge in [0.2, 0.25) is 8.32 Å². The van der Waals surface area contributed by atoms with Crippen molar-refractivity contribution in [3.05, 3.63) is 0 Å². The molecule has 7 nitrogen and oxygen atoms in total. The highest BCUT2D eigenvalue weighted by atomic mass is 28.4. The number of methoxy groups -OCH3 is 1. The Balaban J connectivity index is 3.26. The summed E-state index contributed by atoms with van der Waals surface area (Å²) >= 11 is 0. The summed E-state index contributed by atoms with van der Waals surface area (Å²) in [5.41, 5.74) is 1.13. The van der Waals surface area contributed by atoms with Crippen molar-refractivity contribution in [1.29, 1.82) is 0 Å². The van der Waals surface area contributed by atoms with E-state index < -0.39 is 38.8 Å². The molecule has 4 atom stereocenters. The zero-order valence-electron chi connectivity index (χ0n) is 18.8. The Morgan fingerprint density at radius 2 is 1.54 bits per heavy atom. The molecule has 0 amide bonds. The molecule has 0 unspecified atom stereocenters. The lowest BCUT2D eigenvalue weighted by Crippen LogP contribution is -2.59. The zero-order chi connectivity index (χ0) is 21.6. The first kappa shape index (κ1) is 25.1. The summed E-state index contributed by atoms with van der Waals surface area (Å²) in [6, 6.07) is 0. The molecule has 1 saturated heterocycles. The summed E-state index contributed by atoms with van der Waals surface area (Å²) in [6.45, 7) is 15.9. The Labute approximate surface area is 170 Å². The van der Waals surface area contributed by atoms with Gasteiger partial charge in [0.05, 0.1) is 6.10 Å². The minimum absolute atomic E-state index is 0.0212. The molecule has 28 heavy (non-hydrogen) atoms. The lowest BCUT2D eigenvalue weighted by atomic mass is 10.0. The highest BCUT2D eigenvalue weighted by Gasteiger charge is 2.51. The Morgan fingerprint density at radius 3 is 1.93 bits per heavy atom. The molecule has 164 valence electrons. The van der Waals surface area contributed by atoms with E-state index in [1.165, 1.54) is 13.8 Å². The molecule has 0 bridgehead atoms. The van der Waals surface area contributed by atoms with Crippen LogP contribution in [0.4, 0.5) is 0 Å². The molecule has 1 heterocycles. The largest absolute Gasteiger partial charge is 0.463 e. The van der Waals surface area contributed by atoms with Crippen LogP contribution in [0.1, 0.15) is 61.8 Å². The van der Waals surface area contributed by atoms with Crippen molar-refractivity contribution in [2.75, 3.05) is 13.7 Å². The van der Waals surface area contributed by atoms with Gasteiger partial charge >= 0.3 is 11.9 Å². The third kappa shape index (κ3) is 6.02. The molecule has 0 aromatic rings. The standard InChI is InChI=1S/C20H38O7Si/c1-12(2)28(13(3)4,14(5)6)27-17-10-19(23-9)26-18(11-24-15(7)21)20(17)25-16(8)22/h12-14,17-20H,10-11H2,1-9H3/t17-,18-,19+,20-/m1/s1. The monoisotopic (exact) mass is 418 g/mol. The molecule has 0 radical (unpaired) electrons. The minimum Gasteiger partial charge on any atom is -0.463 e. The van der Waals surface area contributed by atoms with E-state index in [9.17, 15) is 9.59 Å². The third-order valence-corrected chi connectivity index (χ3v) is 11.7. The van der Waals surface area contributed by atoms with Crippen molar-refractivity contribution in [1.82, 2.24) is 0 Å². The number of esters is 2. The van der Waals surface area contributed by atoms with E-state index in [-0.39, 0.29) is 12.7 Å². The van der Waals surface area contributed by atoms with Crippen LogP contribution in [0.15, 0.2) is 0 Å². The summed E-state index contributed by atoms with van der Waals surface area (Å²) in [5.74, 6) is -0.839. The molecule has 0 saturated carbocycles. The van der Waals surface area contributed by atoms with Crippen LogP contribution in [0.2, 0.25) is 16.6 Å². The van der Waals surface area contributed by atoms with E-state index in [2.05, 4.69) is 41.5 Å². The zero-order valence-corrected chi connectivity index (χ0v) is 19.8. The fourth-order valence-electron chi connectivity index (χ4n) is 4.51. The summed E-state index contributed by atoms with van der Waals surface area (Å²) in [7, 11) is -0.670. The van der Waals surface area contributed by atoms with Crippen LogP contribution in [0.5, 0.6) is 0 Å². The van der Waals surface area contributed by atoms with E-state index in [0.29, 0.717) is 23.0 Å². The lowest BCUT2D eigenvalue weighted by Gasteiger charge is -2.49. The molecule has 0 N–H and O–H groups in total. The van der Waals surface area contributed by atoms with Crippen LogP contribution < -0.4 is 0 Å². The van der Waals surface area contributed by atoms with Crippen LogP contribution in [-0.2, 0) is 33.0 Å². The minimum atomic E-state index is -2.23.